The van der Waals surface area contributed by atoms with Crippen LogP contribution in [0.4, 0.5) is 0 Å². The molecule has 110 valence electrons. The Labute approximate surface area is 122 Å². The first-order valence-corrected chi connectivity index (χ1v) is 7.93. The fourth-order valence-corrected chi connectivity index (χ4v) is 3.27. The zero-order valence-electron chi connectivity index (χ0n) is 12.7. The molecular weight excluding hydrogens is 248 g/mol. The van der Waals surface area contributed by atoms with Gasteiger partial charge in [-0.2, -0.15) is 0 Å². The number of benzene rings is 1. The van der Waals surface area contributed by atoms with Crippen molar-refractivity contribution in [2.75, 3.05) is 7.11 Å². The van der Waals surface area contributed by atoms with Gasteiger partial charge in [0.2, 0.25) is 0 Å². The summed E-state index contributed by atoms with van der Waals surface area (Å²) in [5, 5.41) is 0. The van der Waals surface area contributed by atoms with Crippen LogP contribution >= 0.6 is 0 Å². The fraction of sp³-hybridized carbons (Fsp3) is 0.611. The van der Waals surface area contributed by atoms with E-state index in [2.05, 4.69) is 6.92 Å². The van der Waals surface area contributed by atoms with Crippen molar-refractivity contribution in [3.05, 3.63) is 29.8 Å². The Morgan fingerprint density at radius 2 is 1.90 bits per heavy atom. The summed E-state index contributed by atoms with van der Waals surface area (Å²) < 4.78 is 5.31. The average molecular weight is 274 g/mol. The van der Waals surface area contributed by atoms with Gasteiger partial charge in [-0.25, -0.2) is 0 Å². The van der Waals surface area contributed by atoms with Gasteiger partial charge in [-0.3, -0.25) is 4.79 Å². The van der Waals surface area contributed by atoms with Crippen molar-refractivity contribution >= 4 is 5.78 Å². The molecule has 1 aliphatic rings. The molecule has 20 heavy (non-hydrogen) atoms. The molecule has 0 radical (unpaired) electrons. The molecule has 2 nitrogen and oxygen atoms in total. The summed E-state index contributed by atoms with van der Waals surface area (Å²) in [6.07, 6.45) is 8.47. The number of rotatable bonds is 6. The molecule has 1 aromatic carbocycles. The van der Waals surface area contributed by atoms with Crippen molar-refractivity contribution in [3.8, 4) is 5.75 Å². The first kappa shape index (κ1) is 15.1. The van der Waals surface area contributed by atoms with Gasteiger partial charge in [0.05, 0.1) is 12.7 Å². The molecule has 1 saturated carbocycles. The molecule has 1 fully saturated rings. The smallest absolute Gasteiger partial charge is 0.169 e. The highest BCUT2D eigenvalue weighted by atomic mass is 16.5. The summed E-state index contributed by atoms with van der Waals surface area (Å²) in [4.78, 5) is 12.6. The van der Waals surface area contributed by atoms with Crippen molar-refractivity contribution in [1.29, 1.82) is 0 Å². The maximum Gasteiger partial charge on any atom is 0.169 e. The summed E-state index contributed by atoms with van der Waals surface area (Å²) >= 11 is 0. The maximum atomic E-state index is 12.6. The van der Waals surface area contributed by atoms with Gasteiger partial charge in [-0.05, 0) is 43.7 Å². The van der Waals surface area contributed by atoms with Crippen LogP contribution in [0.1, 0.15) is 62.2 Å². The first-order valence-electron chi connectivity index (χ1n) is 7.93. The molecule has 1 aromatic rings. The minimum atomic E-state index is 0.198. The Kier molecular flexibility index (Phi) is 5.63. The first-order chi connectivity index (χ1) is 9.76. The SMILES string of the molecule is CCCCC1CCC(C(=O)c2ccccc2OC)CC1. The van der Waals surface area contributed by atoms with Gasteiger partial charge in [0.25, 0.3) is 0 Å². The lowest BCUT2D eigenvalue weighted by molar-refractivity contribution is 0.0866. The van der Waals surface area contributed by atoms with Gasteiger partial charge in [0, 0.05) is 5.92 Å². The zero-order valence-corrected chi connectivity index (χ0v) is 12.7. The number of unbranched alkanes of at least 4 members (excludes halogenated alkanes) is 1. The number of Topliss-reactive ketones (excluding diaryl/α,β-unsaturated/α-hetero) is 1. The Bertz CT molecular complexity index is 431. The van der Waals surface area contributed by atoms with E-state index in [1.54, 1.807) is 7.11 Å². The van der Waals surface area contributed by atoms with Crippen LogP contribution in [0.2, 0.25) is 0 Å². The topological polar surface area (TPSA) is 26.3 Å². The van der Waals surface area contributed by atoms with Crippen molar-refractivity contribution < 1.29 is 9.53 Å². The lowest BCUT2D eigenvalue weighted by Gasteiger charge is -2.28. The molecule has 0 spiro atoms. The number of hydrogen-bond donors (Lipinski definition) is 0. The van der Waals surface area contributed by atoms with Gasteiger partial charge in [-0.1, -0.05) is 38.3 Å². The van der Waals surface area contributed by atoms with Crippen LogP contribution in [0.25, 0.3) is 0 Å². The lowest BCUT2D eigenvalue weighted by atomic mass is 9.77. The molecule has 0 bridgehead atoms. The predicted molar refractivity (Wildman–Crippen MR) is 82.3 cm³/mol. The van der Waals surface area contributed by atoms with Crippen LogP contribution in [0.15, 0.2) is 24.3 Å². The lowest BCUT2D eigenvalue weighted by Crippen LogP contribution is -2.22. The second kappa shape index (κ2) is 7.47. The summed E-state index contributed by atoms with van der Waals surface area (Å²) in [7, 11) is 1.63. The monoisotopic (exact) mass is 274 g/mol. The second-order valence-corrected chi connectivity index (χ2v) is 5.92. The van der Waals surface area contributed by atoms with Gasteiger partial charge in [0.1, 0.15) is 5.75 Å². The minimum absolute atomic E-state index is 0.198. The number of hydrogen-bond acceptors (Lipinski definition) is 2. The van der Waals surface area contributed by atoms with Crippen LogP contribution in [0, 0.1) is 11.8 Å². The van der Waals surface area contributed by atoms with E-state index >= 15 is 0 Å². The fourth-order valence-electron chi connectivity index (χ4n) is 3.27. The average Bonchev–Trinajstić information content (AvgIpc) is 2.52. The van der Waals surface area contributed by atoms with Crippen LogP contribution in [0.5, 0.6) is 5.75 Å². The quantitative estimate of drug-likeness (QED) is 0.691. The molecule has 0 atom stereocenters. The second-order valence-electron chi connectivity index (χ2n) is 5.92. The van der Waals surface area contributed by atoms with E-state index in [1.165, 1.54) is 32.1 Å². The van der Waals surface area contributed by atoms with Crippen molar-refractivity contribution in [1.82, 2.24) is 0 Å². The van der Waals surface area contributed by atoms with E-state index in [1.807, 2.05) is 24.3 Å². The standard InChI is InChI=1S/C18H26O2/c1-3-4-7-14-10-12-15(13-11-14)18(19)16-8-5-6-9-17(16)20-2/h5-6,8-9,14-15H,3-4,7,10-13H2,1-2H3. The van der Waals surface area contributed by atoms with E-state index in [9.17, 15) is 4.79 Å². The Morgan fingerprint density at radius 1 is 1.20 bits per heavy atom. The van der Waals surface area contributed by atoms with Gasteiger partial charge in [0.15, 0.2) is 5.78 Å². The van der Waals surface area contributed by atoms with E-state index in [-0.39, 0.29) is 11.7 Å². The van der Waals surface area contributed by atoms with Crippen LogP contribution in [-0.4, -0.2) is 12.9 Å². The summed E-state index contributed by atoms with van der Waals surface area (Å²) in [5.74, 6) is 2.03. The van der Waals surface area contributed by atoms with Crippen LogP contribution < -0.4 is 4.74 Å². The van der Waals surface area contributed by atoms with E-state index in [0.717, 1.165) is 24.3 Å². The Morgan fingerprint density at radius 3 is 2.55 bits per heavy atom. The largest absolute Gasteiger partial charge is 0.496 e. The number of ketones is 1. The van der Waals surface area contributed by atoms with Crippen LogP contribution in [0.3, 0.4) is 0 Å². The molecule has 0 aromatic heterocycles. The number of carbonyl (C=O) groups excluding carboxylic acids is 1. The molecule has 0 aliphatic heterocycles. The van der Waals surface area contributed by atoms with Crippen LogP contribution in [-0.2, 0) is 0 Å². The summed E-state index contributed by atoms with van der Waals surface area (Å²) in [6, 6.07) is 7.60. The molecule has 2 rings (SSSR count). The van der Waals surface area contributed by atoms with E-state index in [0.29, 0.717) is 5.75 Å². The molecule has 2 heteroatoms. The molecule has 0 saturated heterocycles. The molecule has 1 aliphatic carbocycles. The van der Waals surface area contributed by atoms with Crippen molar-refractivity contribution in [2.24, 2.45) is 11.8 Å². The van der Waals surface area contributed by atoms with Crippen molar-refractivity contribution in [2.45, 2.75) is 51.9 Å². The summed E-state index contributed by atoms with van der Waals surface area (Å²) in [6.45, 7) is 2.25. The molecule has 0 unspecified atom stereocenters. The van der Waals surface area contributed by atoms with E-state index < -0.39 is 0 Å². The molecule has 0 N–H and O–H groups in total. The highest BCUT2D eigenvalue weighted by Crippen LogP contribution is 2.35. The maximum absolute atomic E-state index is 12.6. The number of ether oxygens (including phenoxy) is 1. The number of methoxy groups -OCH3 is 1. The van der Waals surface area contributed by atoms with E-state index in [4.69, 9.17) is 4.74 Å². The molecule has 0 amide bonds. The van der Waals surface area contributed by atoms with Gasteiger partial charge in [-0.15, -0.1) is 0 Å². The van der Waals surface area contributed by atoms with Gasteiger partial charge >= 0.3 is 0 Å². The highest BCUT2D eigenvalue weighted by Gasteiger charge is 2.28. The van der Waals surface area contributed by atoms with Crippen molar-refractivity contribution in [3.63, 3.8) is 0 Å². The third kappa shape index (κ3) is 3.62. The normalized spacial score (nSPS) is 22.5. The number of para-hydroxylation sites is 1. The molecule has 0 heterocycles. The molecular formula is C18H26O2. The third-order valence-electron chi connectivity index (χ3n) is 4.56. The Hall–Kier alpha value is -1.31. The zero-order chi connectivity index (χ0) is 14.4. The van der Waals surface area contributed by atoms with Gasteiger partial charge < -0.3 is 4.74 Å². The highest BCUT2D eigenvalue weighted by molar-refractivity contribution is 6.00. The third-order valence-corrected chi connectivity index (χ3v) is 4.56. The predicted octanol–water partition coefficient (Wildman–Crippen LogP) is 4.87. The minimum Gasteiger partial charge on any atom is -0.496 e. The summed E-state index contributed by atoms with van der Waals surface area (Å²) in [5.41, 5.74) is 0.756. The Balaban J connectivity index is 1.94. The number of carbonyl (C=O) groups is 1.